The first-order valence-electron chi connectivity index (χ1n) is 5.79. The lowest BCUT2D eigenvalue weighted by Gasteiger charge is -2.26. The first-order chi connectivity index (χ1) is 7.79. The zero-order valence-corrected chi connectivity index (χ0v) is 10.5. The van der Waals surface area contributed by atoms with E-state index in [1.54, 1.807) is 11.3 Å². The molecule has 0 radical (unpaired) electrons. The zero-order valence-electron chi connectivity index (χ0n) is 9.65. The fourth-order valence-corrected chi connectivity index (χ4v) is 2.84. The Balaban J connectivity index is 1.94. The van der Waals surface area contributed by atoms with Crippen LogP contribution in [-0.2, 0) is 9.47 Å². The Morgan fingerprint density at radius 1 is 1.50 bits per heavy atom. The van der Waals surface area contributed by atoms with Crippen molar-refractivity contribution < 1.29 is 9.47 Å². The van der Waals surface area contributed by atoms with Crippen molar-refractivity contribution >= 4 is 11.3 Å². The highest BCUT2D eigenvalue weighted by atomic mass is 32.1. The number of nitrogens with two attached hydrogens (primary N) is 1. The number of rotatable bonds is 4. The Hall–Kier alpha value is -0.420. The summed E-state index contributed by atoms with van der Waals surface area (Å²) in [6.45, 7) is 4.28. The van der Waals surface area contributed by atoms with Gasteiger partial charge in [-0.2, -0.15) is 0 Å². The van der Waals surface area contributed by atoms with Gasteiger partial charge in [0.1, 0.15) is 6.10 Å². The molecule has 0 spiro atoms. The number of hydrogen-bond donors (Lipinski definition) is 1. The minimum Gasteiger partial charge on any atom is -0.381 e. The molecule has 0 bridgehead atoms. The minimum absolute atomic E-state index is 0.0572. The molecule has 0 amide bonds. The third-order valence-electron chi connectivity index (χ3n) is 2.82. The van der Waals surface area contributed by atoms with Crippen LogP contribution in [0, 0.1) is 6.92 Å². The molecule has 90 valence electrons. The lowest BCUT2D eigenvalue weighted by atomic mass is 10.1. The second-order valence-corrected chi connectivity index (χ2v) is 5.44. The van der Waals surface area contributed by atoms with Gasteiger partial charge in [0.05, 0.1) is 6.10 Å². The van der Waals surface area contributed by atoms with Gasteiger partial charge in [-0.1, -0.05) is 0 Å². The maximum absolute atomic E-state index is 6.05. The predicted molar refractivity (Wildman–Crippen MR) is 65.8 cm³/mol. The van der Waals surface area contributed by atoms with Crippen LogP contribution in [0.25, 0.3) is 0 Å². The van der Waals surface area contributed by atoms with Gasteiger partial charge in [0, 0.05) is 29.5 Å². The van der Waals surface area contributed by atoms with Crippen LogP contribution in [0.15, 0.2) is 12.1 Å². The molecule has 0 aliphatic carbocycles. The van der Waals surface area contributed by atoms with Crippen LogP contribution in [0.5, 0.6) is 0 Å². The summed E-state index contributed by atoms with van der Waals surface area (Å²) in [5.74, 6) is 0. The SMILES string of the molecule is Cc1ccc(C(CN)OC2CCOCC2)s1. The van der Waals surface area contributed by atoms with Crippen LogP contribution in [0.2, 0.25) is 0 Å². The summed E-state index contributed by atoms with van der Waals surface area (Å²) < 4.78 is 11.4. The van der Waals surface area contributed by atoms with E-state index in [2.05, 4.69) is 19.1 Å². The van der Waals surface area contributed by atoms with E-state index in [0.717, 1.165) is 26.1 Å². The number of thiophene rings is 1. The van der Waals surface area contributed by atoms with E-state index in [4.69, 9.17) is 15.2 Å². The molecule has 1 saturated heterocycles. The van der Waals surface area contributed by atoms with Gasteiger partial charge < -0.3 is 15.2 Å². The molecule has 1 aliphatic heterocycles. The predicted octanol–water partition coefficient (Wildman–Crippen LogP) is 2.25. The Bertz CT molecular complexity index is 321. The molecule has 1 aromatic heterocycles. The van der Waals surface area contributed by atoms with Crippen LogP contribution in [0.4, 0.5) is 0 Å². The van der Waals surface area contributed by atoms with Gasteiger partial charge in [0.25, 0.3) is 0 Å². The normalized spacial score (nSPS) is 19.9. The van der Waals surface area contributed by atoms with Gasteiger partial charge in [-0.05, 0) is 31.9 Å². The largest absolute Gasteiger partial charge is 0.381 e. The molecule has 4 heteroatoms. The molecule has 1 aromatic rings. The Morgan fingerprint density at radius 3 is 2.81 bits per heavy atom. The standard InChI is InChI=1S/C12H19NO2S/c1-9-2-3-12(16-9)11(8-13)15-10-4-6-14-7-5-10/h2-3,10-11H,4-8,13H2,1H3. The molecule has 2 heterocycles. The van der Waals surface area contributed by atoms with Gasteiger partial charge >= 0.3 is 0 Å². The first-order valence-corrected chi connectivity index (χ1v) is 6.61. The van der Waals surface area contributed by atoms with Crippen molar-refractivity contribution in [1.29, 1.82) is 0 Å². The molecule has 1 fully saturated rings. The van der Waals surface area contributed by atoms with E-state index in [0.29, 0.717) is 12.6 Å². The topological polar surface area (TPSA) is 44.5 Å². The molecule has 0 saturated carbocycles. The number of hydrogen-bond acceptors (Lipinski definition) is 4. The van der Waals surface area contributed by atoms with E-state index < -0.39 is 0 Å². The van der Waals surface area contributed by atoms with Gasteiger partial charge in [0.2, 0.25) is 0 Å². The second kappa shape index (κ2) is 5.77. The summed E-state index contributed by atoms with van der Waals surface area (Å²) in [7, 11) is 0. The maximum Gasteiger partial charge on any atom is 0.104 e. The van der Waals surface area contributed by atoms with Crippen molar-refractivity contribution in [2.75, 3.05) is 19.8 Å². The van der Waals surface area contributed by atoms with Crippen LogP contribution in [-0.4, -0.2) is 25.9 Å². The summed E-state index contributed by atoms with van der Waals surface area (Å²) >= 11 is 1.77. The number of ether oxygens (including phenoxy) is 2. The quantitative estimate of drug-likeness (QED) is 0.879. The molecule has 1 unspecified atom stereocenters. The Morgan fingerprint density at radius 2 is 2.25 bits per heavy atom. The van der Waals surface area contributed by atoms with Gasteiger partial charge in [0.15, 0.2) is 0 Å². The van der Waals surface area contributed by atoms with Crippen LogP contribution in [0.3, 0.4) is 0 Å². The summed E-state index contributed by atoms with van der Waals surface area (Å²) in [6, 6.07) is 4.24. The lowest BCUT2D eigenvalue weighted by Crippen LogP contribution is -2.27. The summed E-state index contributed by atoms with van der Waals surface area (Å²) in [5, 5.41) is 0. The monoisotopic (exact) mass is 241 g/mol. The second-order valence-electron chi connectivity index (χ2n) is 4.12. The smallest absolute Gasteiger partial charge is 0.104 e. The van der Waals surface area contributed by atoms with E-state index in [1.165, 1.54) is 9.75 Å². The molecular weight excluding hydrogens is 222 g/mol. The summed E-state index contributed by atoms with van der Waals surface area (Å²) in [4.78, 5) is 2.55. The molecule has 1 aliphatic rings. The fraction of sp³-hybridized carbons (Fsp3) is 0.667. The summed E-state index contributed by atoms with van der Waals surface area (Å²) in [5.41, 5.74) is 5.78. The van der Waals surface area contributed by atoms with Gasteiger partial charge in [-0.3, -0.25) is 0 Å². The van der Waals surface area contributed by atoms with Crippen molar-refractivity contribution in [2.24, 2.45) is 5.73 Å². The highest BCUT2D eigenvalue weighted by Gasteiger charge is 2.20. The maximum atomic E-state index is 6.05. The van der Waals surface area contributed by atoms with E-state index in [9.17, 15) is 0 Å². The Kier molecular flexibility index (Phi) is 4.35. The third kappa shape index (κ3) is 3.04. The van der Waals surface area contributed by atoms with Crippen molar-refractivity contribution in [1.82, 2.24) is 0 Å². The Labute approximate surface area is 101 Å². The van der Waals surface area contributed by atoms with Crippen molar-refractivity contribution in [3.63, 3.8) is 0 Å². The van der Waals surface area contributed by atoms with Crippen molar-refractivity contribution in [2.45, 2.75) is 32.0 Å². The van der Waals surface area contributed by atoms with Crippen molar-refractivity contribution in [3.05, 3.63) is 21.9 Å². The molecule has 2 rings (SSSR count). The number of aryl methyl sites for hydroxylation is 1. The molecular formula is C12H19NO2S. The van der Waals surface area contributed by atoms with Crippen LogP contribution in [0.1, 0.15) is 28.7 Å². The molecule has 1 atom stereocenters. The average molecular weight is 241 g/mol. The van der Waals surface area contributed by atoms with Crippen LogP contribution >= 0.6 is 11.3 Å². The van der Waals surface area contributed by atoms with E-state index >= 15 is 0 Å². The first kappa shape index (κ1) is 12.0. The van der Waals surface area contributed by atoms with Gasteiger partial charge in [-0.15, -0.1) is 11.3 Å². The van der Waals surface area contributed by atoms with E-state index in [1.807, 2.05) is 0 Å². The highest BCUT2D eigenvalue weighted by molar-refractivity contribution is 7.12. The van der Waals surface area contributed by atoms with E-state index in [-0.39, 0.29) is 6.10 Å². The molecule has 2 N–H and O–H groups in total. The van der Waals surface area contributed by atoms with Gasteiger partial charge in [-0.25, -0.2) is 0 Å². The fourth-order valence-electron chi connectivity index (χ4n) is 1.91. The zero-order chi connectivity index (χ0) is 11.4. The molecule has 0 aromatic carbocycles. The third-order valence-corrected chi connectivity index (χ3v) is 3.91. The van der Waals surface area contributed by atoms with Crippen molar-refractivity contribution in [3.8, 4) is 0 Å². The summed E-state index contributed by atoms with van der Waals surface area (Å²) in [6.07, 6.45) is 2.34. The lowest BCUT2D eigenvalue weighted by molar-refractivity contribution is -0.0654. The highest BCUT2D eigenvalue weighted by Crippen LogP contribution is 2.27. The van der Waals surface area contributed by atoms with Crippen LogP contribution < -0.4 is 5.73 Å². The molecule has 3 nitrogen and oxygen atoms in total. The molecule has 16 heavy (non-hydrogen) atoms. The average Bonchev–Trinajstić information content (AvgIpc) is 2.74. The minimum atomic E-state index is 0.0572.